The lowest BCUT2D eigenvalue weighted by Crippen LogP contribution is -2.53. The Kier molecular flexibility index (Phi) is 5.50. The maximum Gasteiger partial charge on any atom is 0.332 e. The molecule has 3 heterocycles. The maximum atomic E-state index is 2.69. The number of benzene rings is 8. The molecule has 3 heteroatoms. The summed E-state index contributed by atoms with van der Waals surface area (Å²) < 4.78 is 5.22. The van der Waals surface area contributed by atoms with Crippen LogP contribution in [0.2, 0.25) is 0 Å². The molecule has 0 saturated carbocycles. The lowest BCUT2D eigenvalue weighted by atomic mass is 9.48. The van der Waals surface area contributed by atoms with Gasteiger partial charge in [0.1, 0.15) is 0 Å². The molecule has 0 spiro atoms. The van der Waals surface area contributed by atoms with Crippen LogP contribution in [0, 0.1) is 0 Å². The van der Waals surface area contributed by atoms with Crippen LogP contribution in [0.15, 0.2) is 176 Å². The molecule has 0 unspecified atom stereocenters. The second kappa shape index (κ2) is 10.1. The predicted octanol–water partition coefficient (Wildman–Crippen LogP) is 10.3. The van der Waals surface area contributed by atoms with Crippen molar-refractivity contribution >= 4 is 72.2 Å². The number of para-hydroxylation sites is 4. The Bertz CT molecular complexity index is 2840. The summed E-state index contributed by atoms with van der Waals surface area (Å²) in [5, 5.41) is 7.74. The minimum Gasteiger partial charge on any atom is -0.375 e. The highest BCUT2D eigenvalue weighted by molar-refractivity contribution is 6.88. The molecule has 10 aromatic rings. The molecule has 0 atom stereocenters. The summed E-state index contributed by atoms with van der Waals surface area (Å²) in [6.45, 7) is -0.0742. The first kappa shape index (κ1) is 26.7. The molecule has 0 bridgehead atoms. The van der Waals surface area contributed by atoms with Crippen LogP contribution in [0.1, 0.15) is 0 Å². The van der Waals surface area contributed by atoms with E-state index in [4.69, 9.17) is 0 Å². The fourth-order valence-electron chi connectivity index (χ4n) is 8.81. The smallest absolute Gasteiger partial charge is 0.332 e. The molecule has 49 heavy (non-hydrogen) atoms. The lowest BCUT2D eigenvalue weighted by Gasteiger charge is -2.29. The number of rotatable bonds is 3. The molecular weight excluding hydrogens is 591 g/mol. The first-order chi connectivity index (χ1) is 24.4. The summed E-state index contributed by atoms with van der Waals surface area (Å²) in [6, 6.07) is 64.9. The van der Waals surface area contributed by atoms with Gasteiger partial charge in [0.05, 0.1) is 11.0 Å². The van der Waals surface area contributed by atoms with Crippen LogP contribution in [-0.4, -0.2) is 15.9 Å². The topological polar surface area (TPSA) is 9.86 Å². The van der Waals surface area contributed by atoms with Crippen molar-refractivity contribution in [2.45, 2.75) is 0 Å². The summed E-state index contributed by atoms with van der Waals surface area (Å²) in [5.74, 6) is 0. The van der Waals surface area contributed by atoms with Gasteiger partial charge in [-0.25, -0.2) is 0 Å². The van der Waals surface area contributed by atoms with E-state index in [1.54, 1.807) is 0 Å². The fourth-order valence-corrected chi connectivity index (χ4v) is 8.81. The van der Waals surface area contributed by atoms with Crippen LogP contribution >= 0.6 is 0 Å². The zero-order valence-corrected chi connectivity index (χ0v) is 26.7. The maximum absolute atomic E-state index is 2.69. The van der Waals surface area contributed by atoms with Crippen molar-refractivity contribution in [1.82, 2.24) is 9.05 Å². The summed E-state index contributed by atoms with van der Waals surface area (Å²) >= 11 is 0. The van der Waals surface area contributed by atoms with Gasteiger partial charge < -0.3 is 9.05 Å². The van der Waals surface area contributed by atoms with Crippen molar-refractivity contribution in [3.8, 4) is 27.9 Å². The van der Waals surface area contributed by atoms with Crippen LogP contribution in [0.25, 0.3) is 82.3 Å². The minimum absolute atomic E-state index is 0.0742. The zero-order chi connectivity index (χ0) is 32.1. The molecule has 1 aliphatic rings. The highest BCUT2D eigenvalue weighted by atomic mass is 15.0. The molecule has 226 valence electrons. The van der Waals surface area contributed by atoms with E-state index >= 15 is 0 Å². The molecule has 0 N–H and O–H groups in total. The van der Waals surface area contributed by atoms with Gasteiger partial charge in [0.25, 0.3) is 0 Å². The van der Waals surface area contributed by atoms with E-state index in [1.807, 2.05) is 0 Å². The third-order valence-electron chi connectivity index (χ3n) is 10.7. The van der Waals surface area contributed by atoms with E-state index in [9.17, 15) is 0 Å². The van der Waals surface area contributed by atoms with Crippen LogP contribution in [0.3, 0.4) is 0 Å². The Hall–Kier alpha value is -6.32. The van der Waals surface area contributed by atoms with E-state index < -0.39 is 0 Å². The van der Waals surface area contributed by atoms with Crippen molar-refractivity contribution in [3.63, 3.8) is 0 Å². The number of nitrogens with zero attached hydrogens (tertiary/aromatic N) is 2. The fraction of sp³-hybridized carbons (Fsp3) is 0. The lowest BCUT2D eigenvalue weighted by molar-refractivity contribution is 1.18. The molecule has 8 aromatic carbocycles. The molecule has 0 saturated heterocycles. The monoisotopic (exact) mass is 620 g/mol. The van der Waals surface area contributed by atoms with Crippen molar-refractivity contribution < 1.29 is 0 Å². The van der Waals surface area contributed by atoms with E-state index in [0.717, 1.165) is 0 Å². The summed E-state index contributed by atoms with van der Waals surface area (Å²) in [6.07, 6.45) is 0. The first-order valence-corrected chi connectivity index (χ1v) is 17.1. The van der Waals surface area contributed by atoms with Gasteiger partial charge in [-0.05, 0) is 45.0 Å². The third kappa shape index (κ3) is 3.62. The van der Waals surface area contributed by atoms with Gasteiger partial charge in [-0.1, -0.05) is 164 Å². The van der Waals surface area contributed by atoms with Gasteiger partial charge >= 0.3 is 6.85 Å². The molecule has 1 aliphatic heterocycles. The quantitative estimate of drug-likeness (QED) is 0.174. The van der Waals surface area contributed by atoms with Crippen molar-refractivity contribution in [3.05, 3.63) is 176 Å². The number of hydrogen-bond donors (Lipinski definition) is 0. The average Bonchev–Trinajstić information content (AvgIpc) is 3.70. The second-order valence-corrected chi connectivity index (χ2v) is 13.2. The predicted molar refractivity (Wildman–Crippen MR) is 209 cm³/mol. The van der Waals surface area contributed by atoms with Crippen molar-refractivity contribution in [2.24, 2.45) is 0 Å². The van der Waals surface area contributed by atoms with E-state index in [-0.39, 0.29) is 6.85 Å². The van der Waals surface area contributed by atoms with E-state index in [1.165, 1.54) is 93.3 Å². The number of fused-ring (bicyclic) bond motifs is 10. The molecule has 2 nitrogen and oxygen atoms in total. The normalized spacial score (nSPS) is 12.4. The standard InChI is InChI=1S/C46H29BN2/c1-3-15-30(16-4-1)34-22-13-24-36-37-25-14-23-35(31-17-5-2-6-18-31)45(37)49(44(34)36)47-39-26-10-12-28-42(39)48-41-27-11-9-21-38(41)43-33-20-8-7-19-32(33)29-40(47)46(43)48/h1-29H. The van der Waals surface area contributed by atoms with Gasteiger partial charge in [0.15, 0.2) is 0 Å². The number of aromatic nitrogens is 2. The molecule has 11 rings (SSSR count). The zero-order valence-electron chi connectivity index (χ0n) is 26.7. The first-order valence-electron chi connectivity index (χ1n) is 17.1. The van der Waals surface area contributed by atoms with Crippen LogP contribution in [-0.2, 0) is 0 Å². The molecule has 0 aliphatic carbocycles. The Balaban J connectivity index is 1.40. The number of hydrogen-bond acceptors (Lipinski definition) is 0. The van der Waals surface area contributed by atoms with E-state index in [0.29, 0.717) is 0 Å². The van der Waals surface area contributed by atoms with Gasteiger partial charge in [0, 0.05) is 49.4 Å². The van der Waals surface area contributed by atoms with Crippen molar-refractivity contribution in [2.75, 3.05) is 0 Å². The van der Waals surface area contributed by atoms with Crippen LogP contribution < -0.4 is 10.9 Å². The Labute approximate surface area is 284 Å². The second-order valence-electron chi connectivity index (χ2n) is 13.2. The van der Waals surface area contributed by atoms with E-state index in [2.05, 4.69) is 185 Å². The molecule has 0 radical (unpaired) electrons. The minimum atomic E-state index is -0.0742. The Morgan fingerprint density at radius 1 is 0.388 bits per heavy atom. The molecule has 0 amide bonds. The highest BCUT2D eigenvalue weighted by Crippen LogP contribution is 2.43. The van der Waals surface area contributed by atoms with Crippen LogP contribution in [0.4, 0.5) is 0 Å². The van der Waals surface area contributed by atoms with Gasteiger partial charge in [-0.3, -0.25) is 0 Å². The molecule has 0 fully saturated rings. The summed E-state index contributed by atoms with van der Waals surface area (Å²) in [5.41, 5.74) is 13.9. The summed E-state index contributed by atoms with van der Waals surface area (Å²) in [4.78, 5) is 0. The Morgan fingerprint density at radius 3 is 1.63 bits per heavy atom. The highest BCUT2D eigenvalue weighted by Gasteiger charge is 2.37. The van der Waals surface area contributed by atoms with Crippen LogP contribution in [0.5, 0.6) is 0 Å². The SMILES string of the molecule is c1ccc(-c2cccc3c4cccc(-c5ccccc5)c4n(B4c5ccccc5-n5c6ccccc6c6c7ccccc7cc4c65)c23)cc1. The average molecular weight is 621 g/mol. The van der Waals surface area contributed by atoms with Gasteiger partial charge in [-0.15, -0.1) is 0 Å². The largest absolute Gasteiger partial charge is 0.375 e. The molecule has 2 aromatic heterocycles. The summed E-state index contributed by atoms with van der Waals surface area (Å²) in [7, 11) is 0. The van der Waals surface area contributed by atoms with Crippen molar-refractivity contribution in [1.29, 1.82) is 0 Å². The van der Waals surface area contributed by atoms with Gasteiger partial charge in [0.2, 0.25) is 0 Å². The molecular formula is C46H29BN2. The Morgan fingerprint density at radius 2 is 0.939 bits per heavy atom. The van der Waals surface area contributed by atoms with Gasteiger partial charge in [-0.2, -0.15) is 0 Å². The third-order valence-corrected chi connectivity index (χ3v) is 10.7.